The summed E-state index contributed by atoms with van der Waals surface area (Å²) in [6.07, 6.45) is 0.733. The lowest BCUT2D eigenvalue weighted by Crippen LogP contribution is -2.74. The molecule has 4 amide bonds. The molecule has 1 saturated heterocycles. The number of imide groups is 1. The second-order valence-corrected chi connectivity index (χ2v) is 9.21. The number of nitrogens with one attached hydrogen (secondary N) is 1. The standard InChI is InChI=1S/C27H30N6O8.ClH/c1-16(34)27(24(38)41-4,32(19-8-6-5-7-9-19)22(36)20(28)14-21(35)40-3)33-23(37)26(2,31-25(33)39)18-12-10-17(11-13-18)15-30-29;/h5-13,15,20H,14,28-29H2,1-4H3,(H,31,39);1H/t20-,26+,27-;/m0./s1. The van der Waals surface area contributed by atoms with E-state index in [0.717, 1.165) is 21.1 Å². The molecule has 1 fully saturated rings. The number of methoxy groups -OCH3 is 2. The van der Waals surface area contributed by atoms with Crippen LogP contribution in [0.15, 0.2) is 59.7 Å². The van der Waals surface area contributed by atoms with Crippen LogP contribution in [-0.4, -0.2) is 72.6 Å². The quantitative estimate of drug-likeness (QED) is 0.0860. The minimum Gasteiger partial charge on any atom is -0.469 e. The van der Waals surface area contributed by atoms with Crippen LogP contribution in [0.4, 0.5) is 10.5 Å². The first-order valence-corrected chi connectivity index (χ1v) is 12.2. The van der Waals surface area contributed by atoms with E-state index in [4.69, 9.17) is 16.3 Å². The normalized spacial score (nSPS) is 18.4. The molecule has 3 atom stereocenters. The average Bonchev–Trinajstić information content (AvgIpc) is 3.19. The van der Waals surface area contributed by atoms with E-state index in [0.29, 0.717) is 15.4 Å². The van der Waals surface area contributed by atoms with E-state index in [1.54, 1.807) is 18.2 Å². The molecule has 0 spiro atoms. The van der Waals surface area contributed by atoms with Crippen molar-refractivity contribution in [2.24, 2.45) is 16.7 Å². The summed E-state index contributed by atoms with van der Waals surface area (Å²) in [6, 6.07) is 10.7. The molecule has 0 radical (unpaired) electrons. The highest BCUT2D eigenvalue weighted by Gasteiger charge is 2.67. The molecule has 0 unspecified atom stereocenters. The lowest BCUT2D eigenvalue weighted by atomic mass is 9.89. The van der Waals surface area contributed by atoms with Gasteiger partial charge >= 0.3 is 18.0 Å². The van der Waals surface area contributed by atoms with Crippen molar-refractivity contribution in [1.82, 2.24) is 10.2 Å². The van der Waals surface area contributed by atoms with Gasteiger partial charge in [-0.25, -0.2) is 14.5 Å². The number of anilines is 1. The third kappa shape index (κ3) is 5.66. The minimum absolute atomic E-state index is 0. The van der Waals surface area contributed by atoms with E-state index in [-0.39, 0.29) is 23.7 Å². The highest BCUT2D eigenvalue weighted by atomic mass is 35.5. The maximum atomic E-state index is 14.2. The molecule has 2 aromatic rings. The third-order valence-corrected chi connectivity index (χ3v) is 6.68. The van der Waals surface area contributed by atoms with Gasteiger partial charge in [0.1, 0.15) is 5.54 Å². The van der Waals surface area contributed by atoms with Crippen LogP contribution < -0.4 is 21.8 Å². The Hall–Kier alpha value is -4.82. The lowest BCUT2D eigenvalue weighted by molar-refractivity contribution is -0.164. The number of Topliss-reactive ketones (excluding diaryl/α,β-unsaturated/α-hetero) is 1. The second kappa shape index (κ2) is 13.2. The smallest absolute Gasteiger partial charge is 0.362 e. The van der Waals surface area contributed by atoms with Crippen LogP contribution in [0.2, 0.25) is 0 Å². The summed E-state index contributed by atoms with van der Waals surface area (Å²) in [4.78, 5) is 81.9. The van der Waals surface area contributed by atoms with Gasteiger partial charge in [-0.1, -0.05) is 42.5 Å². The van der Waals surface area contributed by atoms with Gasteiger partial charge in [0, 0.05) is 5.69 Å². The third-order valence-electron chi connectivity index (χ3n) is 6.68. The van der Waals surface area contributed by atoms with E-state index >= 15 is 0 Å². The number of carbonyl (C=O) groups excluding carboxylic acids is 6. The topological polar surface area (TPSA) is 204 Å². The summed E-state index contributed by atoms with van der Waals surface area (Å²) in [7, 11) is 2.02. The number of hydrogen-bond donors (Lipinski definition) is 3. The number of nitrogens with two attached hydrogens (primary N) is 2. The van der Waals surface area contributed by atoms with Crippen LogP contribution in [0.5, 0.6) is 0 Å². The monoisotopic (exact) mass is 602 g/mol. The molecule has 0 aliphatic carbocycles. The van der Waals surface area contributed by atoms with Gasteiger partial charge in [0.25, 0.3) is 11.6 Å². The number of hydrogen-bond acceptors (Lipinski definition) is 11. The molecule has 0 bridgehead atoms. The summed E-state index contributed by atoms with van der Waals surface area (Å²) < 4.78 is 9.55. The van der Waals surface area contributed by atoms with E-state index in [2.05, 4.69) is 15.2 Å². The molecule has 1 heterocycles. The molecule has 3 rings (SSSR count). The zero-order chi connectivity index (χ0) is 30.5. The summed E-state index contributed by atoms with van der Waals surface area (Å²) in [6.45, 7) is 2.29. The van der Waals surface area contributed by atoms with Crippen molar-refractivity contribution in [3.63, 3.8) is 0 Å². The molecule has 5 N–H and O–H groups in total. The SMILES string of the molecule is COC(=O)C[C@H](N)C(=O)N(c1ccccc1)[C@](C(C)=O)(C(=O)OC)N1C(=O)N[C@](C)(c2ccc(C=NN)cc2)C1=O.Cl. The maximum Gasteiger partial charge on any atom is 0.362 e. The van der Waals surface area contributed by atoms with Crippen molar-refractivity contribution in [3.05, 3.63) is 65.7 Å². The first-order valence-electron chi connectivity index (χ1n) is 12.2. The van der Waals surface area contributed by atoms with Crippen LogP contribution in [0, 0.1) is 0 Å². The lowest BCUT2D eigenvalue weighted by Gasteiger charge is -2.44. The van der Waals surface area contributed by atoms with Crippen molar-refractivity contribution < 1.29 is 38.2 Å². The van der Waals surface area contributed by atoms with Crippen molar-refractivity contribution >= 4 is 59.9 Å². The van der Waals surface area contributed by atoms with Crippen molar-refractivity contribution in [2.45, 2.75) is 37.5 Å². The van der Waals surface area contributed by atoms with Gasteiger partial charge < -0.3 is 26.4 Å². The number of para-hydroxylation sites is 1. The molecule has 1 aliphatic heterocycles. The largest absolute Gasteiger partial charge is 0.469 e. The molecule has 224 valence electrons. The number of hydrazone groups is 1. The summed E-state index contributed by atoms with van der Waals surface area (Å²) in [5.41, 5.74) is 2.06. The van der Waals surface area contributed by atoms with Crippen molar-refractivity contribution in [1.29, 1.82) is 0 Å². The summed E-state index contributed by atoms with van der Waals surface area (Å²) in [5, 5.41) is 5.97. The number of ketones is 1. The number of nitrogens with zero attached hydrogens (tertiary/aromatic N) is 3. The van der Waals surface area contributed by atoms with Gasteiger partial charge in [0.15, 0.2) is 5.78 Å². The van der Waals surface area contributed by atoms with E-state index in [1.807, 2.05) is 0 Å². The van der Waals surface area contributed by atoms with Crippen molar-refractivity contribution in [2.75, 3.05) is 19.1 Å². The number of benzene rings is 2. The Labute approximate surface area is 247 Å². The summed E-state index contributed by atoms with van der Waals surface area (Å²) >= 11 is 0. The van der Waals surface area contributed by atoms with E-state index in [1.165, 1.54) is 49.5 Å². The predicted molar refractivity (Wildman–Crippen MR) is 152 cm³/mol. The number of rotatable bonds is 10. The second-order valence-electron chi connectivity index (χ2n) is 9.21. The maximum absolute atomic E-state index is 14.2. The van der Waals surface area contributed by atoms with Crippen LogP contribution in [0.25, 0.3) is 0 Å². The molecule has 14 nitrogen and oxygen atoms in total. The fraction of sp³-hybridized carbons (Fsp3) is 0.296. The Bertz CT molecular complexity index is 1400. The molecular formula is C27H31ClN6O8. The Morgan fingerprint density at radius 3 is 2.17 bits per heavy atom. The molecule has 0 saturated carbocycles. The number of esters is 2. The molecule has 0 aromatic heterocycles. The highest BCUT2D eigenvalue weighted by molar-refractivity contribution is 6.24. The van der Waals surface area contributed by atoms with E-state index in [9.17, 15) is 28.8 Å². The van der Waals surface area contributed by atoms with Crippen LogP contribution in [0.3, 0.4) is 0 Å². The van der Waals surface area contributed by atoms with Gasteiger partial charge in [-0.05, 0) is 37.1 Å². The van der Waals surface area contributed by atoms with Gasteiger partial charge in [0.05, 0.1) is 32.9 Å². The summed E-state index contributed by atoms with van der Waals surface area (Å²) in [5.74, 6) is -0.381. The van der Waals surface area contributed by atoms with Crippen LogP contribution in [0.1, 0.15) is 31.4 Å². The molecule has 2 aromatic carbocycles. The van der Waals surface area contributed by atoms with E-state index < -0.39 is 59.2 Å². The molecular weight excluding hydrogens is 572 g/mol. The highest BCUT2D eigenvalue weighted by Crippen LogP contribution is 2.38. The zero-order valence-corrected chi connectivity index (χ0v) is 24.0. The van der Waals surface area contributed by atoms with Crippen LogP contribution in [-0.2, 0) is 39.0 Å². The number of ether oxygens (including phenoxy) is 2. The molecule has 1 aliphatic rings. The van der Waals surface area contributed by atoms with Gasteiger partial charge in [-0.2, -0.15) is 5.10 Å². The Kier molecular flexibility index (Phi) is 10.5. The predicted octanol–water partition coefficient (Wildman–Crippen LogP) is 0.550. The Morgan fingerprint density at radius 1 is 1.07 bits per heavy atom. The fourth-order valence-corrected chi connectivity index (χ4v) is 4.57. The first kappa shape index (κ1) is 33.4. The first-order chi connectivity index (χ1) is 19.4. The fourth-order valence-electron chi connectivity index (χ4n) is 4.57. The molecule has 42 heavy (non-hydrogen) atoms. The van der Waals surface area contributed by atoms with Crippen molar-refractivity contribution in [3.8, 4) is 0 Å². The van der Waals surface area contributed by atoms with Crippen LogP contribution >= 0.6 is 12.4 Å². The molecule has 15 heteroatoms. The number of halogens is 1. The average molecular weight is 603 g/mol. The van der Waals surface area contributed by atoms with Gasteiger partial charge in [0.2, 0.25) is 5.91 Å². The number of carbonyl (C=O) groups is 6. The zero-order valence-electron chi connectivity index (χ0n) is 23.2. The minimum atomic E-state index is -2.99. The Balaban J connectivity index is 0.00000616. The number of urea groups is 1. The Morgan fingerprint density at radius 2 is 1.67 bits per heavy atom. The number of amides is 4. The van der Waals surface area contributed by atoms with Gasteiger partial charge in [-0.15, -0.1) is 12.4 Å². The van der Waals surface area contributed by atoms with Gasteiger partial charge in [-0.3, -0.25) is 24.1 Å².